The van der Waals surface area contributed by atoms with Crippen molar-refractivity contribution in [3.63, 3.8) is 0 Å². The average molecular weight is 308 g/mol. The van der Waals surface area contributed by atoms with Gasteiger partial charge in [0, 0.05) is 23.2 Å². The molecule has 1 fully saturated rings. The first kappa shape index (κ1) is 13.4. The number of hydrogen-bond donors (Lipinski definition) is 1. The molecule has 0 saturated carbocycles. The standard InChI is InChI=1S/C14H18BrN3/c1-11-8-17-9-14(6-7-16)18(10-11)13-4-2-12(15)3-5-13/h2-5,11,14,17H,6,8-10H2,1H3. The zero-order chi connectivity index (χ0) is 13.0. The molecule has 0 amide bonds. The number of hydrogen-bond acceptors (Lipinski definition) is 3. The van der Waals surface area contributed by atoms with Crippen LogP contribution in [0, 0.1) is 17.2 Å². The minimum absolute atomic E-state index is 0.265. The van der Waals surface area contributed by atoms with Gasteiger partial charge in [-0.2, -0.15) is 5.26 Å². The van der Waals surface area contributed by atoms with Crippen molar-refractivity contribution in [2.45, 2.75) is 19.4 Å². The van der Waals surface area contributed by atoms with Crippen LogP contribution in [0.3, 0.4) is 0 Å². The molecule has 2 rings (SSSR count). The van der Waals surface area contributed by atoms with Crippen molar-refractivity contribution < 1.29 is 0 Å². The lowest BCUT2D eigenvalue weighted by Gasteiger charge is -2.31. The molecule has 3 nitrogen and oxygen atoms in total. The highest BCUT2D eigenvalue weighted by atomic mass is 79.9. The maximum atomic E-state index is 8.97. The number of anilines is 1. The van der Waals surface area contributed by atoms with Gasteiger partial charge in [-0.3, -0.25) is 0 Å². The second-order valence-corrected chi connectivity index (χ2v) is 5.82. The van der Waals surface area contributed by atoms with E-state index in [1.165, 1.54) is 5.69 Å². The van der Waals surface area contributed by atoms with Crippen molar-refractivity contribution in [1.29, 1.82) is 5.26 Å². The second-order valence-electron chi connectivity index (χ2n) is 4.91. The molecule has 1 aliphatic rings. The zero-order valence-corrected chi connectivity index (χ0v) is 12.2. The molecule has 2 atom stereocenters. The molecule has 1 saturated heterocycles. The molecule has 4 heteroatoms. The van der Waals surface area contributed by atoms with E-state index in [0.717, 1.165) is 24.1 Å². The Labute approximate surface area is 117 Å². The summed E-state index contributed by atoms with van der Waals surface area (Å²) >= 11 is 3.46. The highest BCUT2D eigenvalue weighted by molar-refractivity contribution is 9.10. The van der Waals surface area contributed by atoms with Crippen LogP contribution in [0.25, 0.3) is 0 Å². The molecule has 0 spiro atoms. The van der Waals surface area contributed by atoms with Gasteiger partial charge >= 0.3 is 0 Å². The second kappa shape index (κ2) is 6.21. The summed E-state index contributed by atoms with van der Waals surface area (Å²) in [6.45, 7) is 5.15. The summed E-state index contributed by atoms with van der Waals surface area (Å²) in [5, 5.41) is 12.4. The molecule has 1 aromatic rings. The van der Waals surface area contributed by atoms with E-state index in [1.54, 1.807) is 0 Å². The minimum Gasteiger partial charge on any atom is -0.366 e. The fraction of sp³-hybridized carbons (Fsp3) is 0.500. The Morgan fingerprint density at radius 2 is 2.11 bits per heavy atom. The van der Waals surface area contributed by atoms with Crippen molar-refractivity contribution in [3.05, 3.63) is 28.7 Å². The summed E-state index contributed by atoms with van der Waals surface area (Å²) in [6, 6.07) is 10.9. The number of benzene rings is 1. The molecule has 1 aliphatic heterocycles. The van der Waals surface area contributed by atoms with E-state index >= 15 is 0 Å². The van der Waals surface area contributed by atoms with E-state index in [1.807, 2.05) is 0 Å². The Morgan fingerprint density at radius 3 is 2.78 bits per heavy atom. The average Bonchev–Trinajstić information content (AvgIpc) is 2.53. The van der Waals surface area contributed by atoms with Crippen LogP contribution in [-0.2, 0) is 0 Å². The van der Waals surface area contributed by atoms with Gasteiger partial charge in [-0.05, 0) is 36.7 Å². The lowest BCUT2D eigenvalue weighted by atomic mass is 10.1. The molecule has 1 heterocycles. The quantitative estimate of drug-likeness (QED) is 0.913. The minimum atomic E-state index is 0.265. The molecule has 2 unspecified atom stereocenters. The normalized spacial score (nSPS) is 24.4. The summed E-state index contributed by atoms with van der Waals surface area (Å²) in [4.78, 5) is 2.36. The molecule has 0 aliphatic carbocycles. The van der Waals surface area contributed by atoms with E-state index in [9.17, 15) is 0 Å². The van der Waals surface area contributed by atoms with Gasteiger partial charge in [-0.25, -0.2) is 0 Å². The van der Waals surface area contributed by atoms with Crippen LogP contribution in [0.1, 0.15) is 13.3 Å². The smallest absolute Gasteiger partial charge is 0.0643 e. The maximum absolute atomic E-state index is 8.97. The summed E-state index contributed by atoms with van der Waals surface area (Å²) in [5.74, 6) is 0.595. The van der Waals surface area contributed by atoms with Crippen molar-refractivity contribution in [2.24, 2.45) is 5.92 Å². The summed E-state index contributed by atoms with van der Waals surface area (Å²) in [5.41, 5.74) is 1.20. The fourth-order valence-electron chi connectivity index (χ4n) is 2.39. The third kappa shape index (κ3) is 3.24. The number of nitrogens with one attached hydrogen (secondary N) is 1. The van der Waals surface area contributed by atoms with Crippen molar-refractivity contribution in [3.8, 4) is 6.07 Å². The van der Waals surface area contributed by atoms with Gasteiger partial charge in [0.2, 0.25) is 0 Å². The van der Waals surface area contributed by atoms with Crippen molar-refractivity contribution >= 4 is 21.6 Å². The molecular formula is C14H18BrN3. The monoisotopic (exact) mass is 307 g/mol. The molecule has 0 bridgehead atoms. The van der Waals surface area contributed by atoms with Gasteiger partial charge in [0.15, 0.2) is 0 Å². The Morgan fingerprint density at radius 1 is 1.39 bits per heavy atom. The number of rotatable bonds is 2. The van der Waals surface area contributed by atoms with Crippen LogP contribution in [-0.4, -0.2) is 25.7 Å². The zero-order valence-electron chi connectivity index (χ0n) is 10.6. The Bertz CT molecular complexity index is 424. The molecular weight excluding hydrogens is 290 g/mol. The lowest BCUT2D eigenvalue weighted by Crippen LogP contribution is -2.40. The SMILES string of the molecule is CC1CNCC(CC#N)N(c2ccc(Br)cc2)C1. The van der Waals surface area contributed by atoms with E-state index in [-0.39, 0.29) is 6.04 Å². The van der Waals surface area contributed by atoms with Crippen LogP contribution in [0.4, 0.5) is 5.69 Å². The first-order valence-corrected chi connectivity index (χ1v) is 7.10. The third-order valence-electron chi connectivity index (χ3n) is 3.31. The van der Waals surface area contributed by atoms with Crippen LogP contribution >= 0.6 is 15.9 Å². The van der Waals surface area contributed by atoms with E-state index in [0.29, 0.717) is 12.3 Å². The van der Waals surface area contributed by atoms with Gasteiger partial charge in [0.05, 0.1) is 18.5 Å². The number of nitrogens with zero attached hydrogens (tertiary/aromatic N) is 2. The number of halogens is 1. The van der Waals surface area contributed by atoms with E-state index in [2.05, 4.69) is 63.4 Å². The van der Waals surface area contributed by atoms with Crippen molar-refractivity contribution in [1.82, 2.24) is 5.32 Å². The Hall–Kier alpha value is -1.05. The lowest BCUT2D eigenvalue weighted by molar-refractivity contribution is 0.563. The fourth-order valence-corrected chi connectivity index (χ4v) is 2.66. The van der Waals surface area contributed by atoms with Crippen LogP contribution < -0.4 is 10.2 Å². The highest BCUT2D eigenvalue weighted by Gasteiger charge is 2.23. The van der Waals surface area contributed by atoms with Crippen LogP contribution in [0.15, 0.2) is 28.7 Å². The first-order chi connectivity index (χ1) is 8.70. The predicted octanol–water partition coefficient (Wildman–Crippen LogP) is 2.78. The van der Waals surface area contributed by atoms with Crippen LogP contribution in [0.5, 0.6) is 0 Å². The van der Waals surface area contributed by atoms with E-state index < -0.39 is 0 Å². The summed E-state index contributed by atoms with van der Waals surface area (Å²) in [6.07, 6.45) is 0.565. The third-order valence-corrected chi connectivity index (χ3v) is 3.84. The Kier molecular flexibility index (Phi) is 4.62. The van der Waals surface area contributed by atoms with Crippen molar-refractivity contribution in [2.75, 3.05) is 24.5 Å². The molecule has 18 heavy (non-hydrogen) atoms. The topological polar surface area (TPSA) is 39.1 Å². The molecule has 0 radical (unpaired) electrons. The molecule has 0 aromatic heterocycles. The van der Waals surface area contributed by atoms with Gasteiger partial charge in [0.1, 0.15) is 0 Å². The Balaban J connectivity index is 2.23. The highest BCUT2D eigenvalue weighted by Crippen LogP contribution is 2.23. The van der Waals surface area contributed by atoms with Gasteiger partial charge < -0.3 is 10.2 Å². The van der Waals surface area contributed by atoms with Gasteiger partial charge in [-0.15, -0.1) is 0 Å². The first-order valence-electron chi connectivity index (χ1n) is 6.30. The number of nitriles is 1. The molecule has 1 N–H and O–H groups in total. The summed E-state index contributed by atoms with van der Waals surface area (Å²) in [7, 11) is 0. The summed E-state index contributed by atoms with van der Waals surface area (Å²) < 4.78 is 1.09. The molecule has 1 aromatic carbocycles. The van der Waals surface area contributed by atoms with Crippen LogP contribution in [0.2, 0.25) is 0 Å². The largest absolute Gasteiger partial charge is 0.366 e. The van der Waals surface area contributed by atoms with E-state index in [4.69, 9.17) is 5.26 Å². The predicted molar refractivity (Wildman–Crippen MR) is 77.5 cm³/mol. The molecule has 96 valence electrons. The van der Waals surface area contributed by atoms with Gasteiger partial charge in [-0.1, -0.05) is 22.9 Å². The van der Waals surface area contributed by atoms with Gasteiger partial charge in [0.25, 0.3) is 0 Å². The maximum Gasteiger partial charge on any atom is 0.0643 e.